The van der Waals surface area contributed by atoms with Gasteiger partial charge in [-0.25, -0.2) is 0 Å². The van der Waals surface area contributed by atoms with Gasteiger partial charge in [-0.05, 0) is 26.2 Å². The number of ether oxygens (including phenoxy) is 1. The molecule has 1 nitrogen and oxygen atoms in total. The van der Waals surface area contributed by atoms with Gasteiger partial charge in [0.05, 0.1) is 6.10 Å². The third kappa shape index (κ3) is 10.2. The topological polar surface area (TPSA) is 9.23 Å². The second kappa shape index (κ2) is 10.3. The Balaban J connectivity index is 2.97. The average Bonchev–Trinajstić information content (AvgIpc) is 2.11. The summed E-state index contributed by atoms with van der Waals surface area (Å²) in [6.07, 6.45) is 7.67. The number of unbranched alkanes of at least 4 members (excludes halogenated alkanes) is 3. The third-order valence-electron chi connectivity index (χ3n) is 2.13. The second-order valence-corrected chi connectivity index (χ2v) is 3.95. The lowest BCUT2D eigenvalue weighted by Crippen LogP contribution is -2.08. The van der Waals surface area contributed by atoms with E-state index in [2.05, 4.69) is 13.8 Å². The van der Waals surface area contributed by atoms with Crippen molar-refractivity contribution in [3.8, 4) is 0 Å². The molecular formula is C11H23ClO. The van der Waals surface area contributed by atoms with Gasteiger partial charge in [-0.2, -0.15) is 0 Å². The molecule has 1 unspecified atom stereocenters. The largest absolute Gasteiger partial charge is 0.379 e. The van der Waals surface area contributed by atoms with E-state index in [0.29, 0.717) is 6.10 Å². The molecule has 0 bridgehead atoms. The van der Waals surface area contributed by atoms with Gasteiger partial charge in [-0.15, -0.1) is 11.6 Å². The van der Waals surface area contributed by atoms with Crippen LogP contribution in [0.15, 0.2) is 0 Å². The fourth-order valence-corrected chi connectivity index (χ4v) is 1.51. The molecule has 0 heterocycles. The zero-order valence-corrected chi connectivity index (χ0v) is 9.78. The minimum Gasteiger partial charge on any atom is -0.379 e. The molecule has 0 saturated heterocycles. The molecule has 0 aliphatic rings. The number of rotatable bonds is 9. The van der Waals surface area contributed by atoms with Gasteiger partial charge in [-0.1, -0.05) is 26.2 Å². The first-order chi connectivity index (χ1) is 6.31. The van der Waals surface area contributed by atoms with Crippen molar-refractivity contribution in [3.63, 3.8) is 0 Å². The maximum Gasteiger partial charge on any atom is 0.0546 e. The molecule has 13 heavy (non-hydrogen) atoms. The molecule has 1 atom stereocenters. The molecule has 0 saturated carbocycles. The Hall–Kier alpha value is 0.250. The van der Waals surface area contributed by atoms with Crippen LogP contribution in [-0.2, 0) is 4.74 Å². The Kier molecular flexibility index (Phi) is 10.5. The van der Waals surface area contributed by atoms with Gasteiger partial charge < -0.3 is 4.74 Å². The predicted molar refractivity (Wildman–Crippen MR) is 59.5 cm³/mol. The third-order valence-corrected chi connectivity index (χ3v) is 2.39. The van der Waals surface area contributed by atoms with Crippen molar-refractivity contribution in [1.82, 2.24) is 0 Å². The highest BCUT2D eigenvalue weighted by molar-refractivity contribution is 6.17. The molecule has 0 radical (unpaired) electrons. The van der Waals surface area contributed by atoms with Gasteiger partial charge in [-0.3, -0.25) is 0 Å². The number of alkyl halides is 1. The van der Waals surface area contributed by atoms with Gasteiger partial charge in [0.15, 0.2) is 0 Å². The quantitative estimate of drug-likeness (QED) is 0.410. The Labute approximate surface area is 87.8 Å². The van der Waals surface area contributed by atoms with Gasteiger partial charge in [0.25, 0.3) is 0 Å². The summed E-state index contributed by atoms with van der Waals surface area (Å²) in [6.45, 7) is 5.27. The average molecular weight is 207 g/mol. The van der Waals surface area contributed by atoms with Crippen LogP contribution in [0.5, 0.6) is 0 Å². The molecule has 0 spiro atoms. The van der Waals surface area contributed by atoms with E-state index in [0.717, 1.165) is 18.9 Å². The summed E-state index contributed by atoms with van der Waals surface area (Å²) in [5, 5.41) is 0. The van der Waals surface area contributed by atoms with Crippen molar-refractivity contribution in [2.24, 2.45) is 0 Å². The molecule has 0 amide bonds. The van der Waals surface area contributed by atoms with Crippen molar-refractivity contribution in [3.05, 3.63) is 0 Å². The van der Waals surface area contributed by atoms with E-state index in [1.807, 2.05) is 0 Å². The van der Waals surface area contributed by atoms with E-state index in [9.17, 15) is 0 Å². The highest BCUT2D eigenvalue weighted by Crippen LogP contribution is 2.05. The van der Waals surface area contributed by atoms with Crippen LogP contribution in [-0.4, -0.2) is 18.6 Å². The molecule has 0 aliphatic heterocycles. The van der Waals surface area contributed by atoms with Crippen molar-refractivity contribution >= 4 is 11.6 Å². The lowest BCUT2D eigenvalue weighted by Gasteiger charge is -2.11. The summed E-state index contributed by atoms with van der Waals surface area (Å²) in [5.41, 5.74) is 0. The first-order valence-electron chi connectivity index (χ1n) is 5.48. The zero-order chi connectivity index (χ0) is 9.94. The van der Waals surface area contributed by atoms with Crippen LogP contribution in [0.4, 0.5) is 0 Å². The minimum absolute atomic E-state index is 0.443. The minimum atomic E-state index is 0.443. The van der Waals surface area contributed by atoms with Crippen LogP contribution in [0, 0.1) is 0 Å². The highest BCUT2D eigenvalue weighted by atomic mass is 35.5. The van der Waals surface area contributed by atoms with Gasteiger partial charge in [0.1, 0.15) is 0 Å². The maximum absolute atomic E-state index is 5.63. The van der Waals surface area contributed by atoms with Crippen LogP contribution >= 0.6 is 11.6 Å². The molecule has 0 rings (SSSR count). The SMILES string of the molecule is CCCC(C)OCCCCCCCl. The molecule has 0 aliphatic carbocycles. The van der Waals surface area contributed by atoms with Crippen LogP contribution in [0.3, 0.4) is 0 Å². The molecule has 0 fully saturated rings. The summed E-state index contributed by atoms with van der Waals surface area (Å²) >= 11 is 5.57. The van der Waals surface area contributed by atoms with Gasteiger partial charge >= 0.3 is 0 Å². The lowest BCUT2D eigenvalue weighted by molar-refractivity contribution is 0.0571. The van der Waals surface area contributed by atoms with E-state index in [1.54, 1.807) is 0 Å². The second-order valence-electron chi connectivity index (χ2n) is 3.57. The van der Waals surface area contributed by atoms with Crippen LogP contribution in [0.1, 0.15) is 52.4 Å². The van der Waals surface area contributed by atoms with Crippen LogP contribution < -0.4 is 0 Å². The van der Waals surface area contributed by atoms with Gasteiger partial charge in [0, 0.05) is 12.5 Å². The van der Waals surface area contributed by atoms with E-state index >= 15 is 0 Å². The summed E-state index contributed by atoms with van der Waals surface area (Å²) < 4.78 is 5.63. The van der Waals surface area contributed by atoms with Crippen molar-refractivity contribution < 1.29 is 4.74 Å². The van der Waals surface area contributed by atoms with Crippen molar-refractivity contribution in [2.75, 3.05) is 12.5 Å². The molecule has 80 valence electrons. The smallest absolute Gasteiger partial charge is 0.0546 e. The fraction of sp³-hybridized carbons (Fsp3) is 1.00. The number of halogens is 1. The van der Waals surface area contributed by atoms with E-state index in [-0.39, 0.29) is 0 Å². The zero-order valence-electron chi connectivity index (χ0n) is 9.02. The van der Waals surface area contributed by atoms with E-state index in [1.165, 1.54) is 32.1 Å². The Morgan fingerprint density at radius 2 is 1.85 bits per heavy atom. The highest BCUT2D eigenvalue weighted by Gasteiger charge is 1.98. The van der Waals surface area contributed by atoms with Gasteiger partial charge in [0.2, 0.25) is 0 Å². The maximum atomic E-state index is 5.63. The molecule has 0 aromatic rings. The molecule has 0 N–H and O–H groups in total. The Morgan fingerprint density at radius 3 is 2.46 bits per heavy atom. The summed E-state index contributed by atoms with van der Waals surface area (Å²) in [4.78, 5) is 0. The first-order valence-corrected chi connectivity index (χ1v) is 6.02. The fourth-order valence-electron chi connectivity index (χ4n) is 1.32. The lowest BCUT2D eigenvalue weighted by atomic mass is 10.2. The van der Waals surface area contributed by atoms with Crippen LogP contribution in [0.25, 0.3) is 0 Å². The molecule has 2 heteroatoms. The normalized spacial score (nSPS) is 13.2. The van der Waals surface area contributed by atoms with Crippen LogP contribution in [0.2, 0.25) is 0 Å². The van der Waals surface area contributed by atoms with Crippen molar-refractivity contribution in [1.29, 1.82) is 0 Å². The Morgan fingerprint density at radius 1 is 1.15 bits per heavy atom. The number of hydrogen-bond acceptors (Lipinski definition) is 1. The Bertz CT molecular complexity index is 96.1. The molecule has 0 aromatic carbocycles. The summed E-state index contributed by atoms with van der Waals surface area (Å²) in [5.74, 6) is 0.799. The molecular weight excluding hydrogens is 184 g/mol. The number of hydrogen-bond donors (Lipinski definition) is 0. The van der Waals surface area contributed by atoms with E-state index in [4.69, 9.17) is 16.3 Å². The monoisotopic (exact) mass is 206 g/mol. The van der Waals surface area contributed by atoms with Crippen molar-refractivity contribution in [2.45, 2.75) is 58.5 Å². The van der Waals surface area contributed by atoms with E-state index < -0.39 is 0 Å². The summed E-state index contributed by atoms with van der Waals surface area (Å²) in [6, 6.07) is 0. The summed E-state index contributed by atoms with van der Waals surface area (Å²) in [7, 11) is 0. The first kappa shape index (κ1) is 13.2. The predicted octanol–water partition coefficient (Wildman–Crippen LogP) is 3.99. The standard InChI is InChI=1S/C11H23ClO/c1-3-8-11(2)13-10-7-5-4-6-9-12/h11H,3-10H2,1-2H3. The molecule has 0 aromatic heterocycles.